The number of carbonyl (C=O) groups is 5. The van der Waals surface area contributed by atoms with Crippen LogP contribution in [0, 0.1) is 11.3 Å². The Kier molecular flexibility index (Phi) is 11.8. The van der Waals surface area contributed by atoms with E-state index in [0.717, 1.165) is 37.7 Å². The number of aryl methyl sites for hydroxylation is 1. The second kappa shape index (κ2) is 15.7. The number of amides is 5. The number of nitrogens with zero attached hydrogens (tertiary/aromatic N) is 1. The van der Waals surface area contributed by atoms with Crippen LogP contribution in [-0.4, -0.2) is 92.5 Å². The van der Waals surface area contributed by atoms with E-state index in [-0.39, 0.29) is 26.0 Å². The molecular formula is C36H51N5O10S. The highest BCUT2D eigenvalue weighted by Crippen LogP contribution is 2.45. The summed E-state index contributed by atoms with van der Waals surface area (Å²) in [4.78, 5) is 69.2. The molecule has 0 aromatic heterocycles. The Morgan fingerprint density at radius 1 is 1.08 bits per heavy atom. The summed E-state index contributed by atoms with van der Waals surface area (Å²) in [6.07, 6.45) is 4.75. The first-order chi connectivity index (χ1) is 24.6. The smallest absolute Gasteiger partial charge is 0.411 e. The number of cyclic esters (lactones) is 1. The Labute approximate surface area is 305 Å². The molecule has 1 saturated heterocycles. The van der Waals surface area contributed by atoms with Gasteiger partial charge in [0.15, 0.2) is 0 Å². The molecule has 2 heterocycles. The van der Waals surface area contributed by atoms with Gasteiger partial charge in [-0.1, -0.05) is 46.1 Å². The molecule has 286 valence electrons. The maximum Gasteiger partial charge on any atom is 0.411 e. The lowest BCUT2D eigenvalue weighted by Gasteiger charge is -2.35. The van der Waals surface area contributed by atoms with Crippen LogP contribution in [0.15, 0.2) is 30.9 Å². The van der Waals surface area contributed by atoms with Gasteiger partial charge in [0.2, 0.25) is 21.8 Å². The van der Waals surface area contributed by atoms with Crippen molar-refractivity contribution in [1.29, 1.82) is 0 Å². The van der Waals surface area contributed by atoms with E-state index in [1.54, 1.807) is 40.0 Å². The van der Waals surface area contributed by atoms with Crippen molar-refractivity contribution >= 4 is 45.6 Å². The molecule has 16 heteroatoms. The molecule has 15 nitrogen and oxygen atoms in total. The maximum absolute atomic E-state index is 14.3. The average Bonchev–Trinajstić information content (AvgIpc) is 4.00. The highest BCUT2D eigenvalue weighted by Gasteiger charge is 2.62. The van der Waals surface area contributed by atoms with Crippen LogP contribution in [0.3, 0.4) is 0 Å². The maximum atomic E-state index is 14.3. The molecule has 5 amide bonds. The lowest BCUT2D eigenvalue weighted by atomic mass is 9.85. The van der Waals surface area contributed by atoms with Crippen LogP contribution in [0.4, 0.5) is 15.3 Å². The van der Waals surface area contributed by atoms with E-state index in [1.807, 2.05) is 6.07 Å². The topological polar surface area (TPSA) is 199 Å². The quantitative estimate of drug-likeness (QED) is 0.300. The molecule has 0 spiro atoms. The van der Waals surface area contributed by atoms with Crippen LogP contribution in [0.2, 0.25) is 0 Å². The number of fused-ring (bicyclic) bond motifs is 4. The summed E-state index contributed by atoms with van der Waals surface area (Å²) in [5, 5.41) is 7.48. The zero-order chi connectivity index (χ0) is 37.8. The minimum Gasteiger partial charge on any atom is -0.496 e. The molecule has 5 atom stereocenters. The first-order valence-corrected chi connectivity index (χ1v) is 19.5. The molecule has 2 saturated carbocycles. The van der Waals surface area contributed by atoms with Crippen LogP contribution in [0.1, 0.15) is 84.1 Å². The van der Waals surface area contributed by atoms with Gasteiger partial charge in [0, 0.05) is 18.0 Å². The van der Waals surface area contributed by atoms with Crippen LogP contribution in [-0.2, 0) is 40.3 Å². The molecule has 2 aliphatic carbocycles. The van der Waals surface area contributed by atoms with Crippen molar-refractivity contribution in [2.75, 3.05) is 25.6 Å². The molecule has 0 unspecified atom stereocenters. The van der Waals surface area contributed by atoms with Crippen molar-refractivity contribution in [2.45, 2.75) is 114 Å². The highest BCUT2D eigenvalue weighted by molar-refractivity contribution is 7.91. The van der Waals surface area contributed by atoms with Gasteiger partial charge in [0.05, 0.1) is 25.5 Å². The Morgan fingerprint density at radius 2 is 1.79 bits per heavy atom. The first-order valence-electron chi connectivity index (χ1n) is 18.0. The van der Waals surface area contributed by atoms with E-state index in [9.17, 15) is 32.4 Å². The fraction of sp³-hybridized carbons (Fsp3) is 0.639. The third kappa shape index (κ3) is 9.17. The predicted molar refractivity (Wildman–Crippen MR) is 191 cm³/mol. The van der Waals surface area contributed by atoms with Crippen molar-refractivity contribution < 1.29 is 46.6 Å². The van der Waals surface area contributed by atoms with Gasteiger partial charge in [-0.3, -0.25) is 24.4 Å². The van der Waals surface area contributed by atoms with Crippen molar-refractivity contribution in [3.63, 3.8) is 0 Å². The standard InChI is InChI=1S/C36H51N5O10S/c1-6-23-20-36(23,32(44)40-52(47,48)26-14-15-26)39-30(42)27-19-25-21-41(27)31(43)29(35(2,3)4)38-33(45)50-17-11-9-7-8-10-12-22-18-24(37-34(46)51-25)13-16-28(22)49-5/h6,13,16,18,23,25-27,29H,1,7-12,14-15,17,19-21H2,2-5H3,(H,37,46)(H,38,45)(H,39,42)(H,40,44)/t23-,25+,27-,29+,36+/m0/s1. The fourth-order valence-corrected chi connectivity index (χ4v) is 8.20. The summed E-state index contributed by atoms with van der Waals surface area (Å²) in [6.45, 7) is 8.97. The van der Waals surface area contributed by atoms with E-state index in [1.165, 1.54) is 11.0 Å². The van der Waals surface area contributed by atoms with E-state index < -0.39 is 80.2 Å². The molecule has 1 aromatic rings. The Hall–Kier alpha value is -4.34. The number of nitrogens with one attached hydrogen (secondary N) is 4. The second-order valence-electron chi connectivity index (χ2n) is 15.2. The number of alkyl carbamates (subject to hydrolysis) is 1. The summed E-state index contributed by atoms with van der Waals surface area (Å²) < 4.78 is 44.1. The molecule has 1 aromatic carbocycles. The Bertz CT molecular complexity index is 1670. The highest BCUT2D eigenvalue weighted by atomic mass is 32.2. The zero-order valence-corrected chi connectivity index (χ0v) is 31.1. The number of rotatable bonds is 7. The summed E-state index contributed by atoms with van der Waals surface area (Å²) in [5.41, 5.74) is -1.03. The van der Waals surface area contributed by atoms with E-state index in [0.29, 0.717) is 30.7 Å². The normalized spacial score (nSPS) is 27.8. The summed E-state index contributed by atoms with van der Waals surface area (Å²) >= 11 is 0. The number of carbonyl (C=O) groups excluding carboxylic acids is 5. The fourth-order valence-electron chi connectivity index (χ4n) is 6.83. The number of ether oxygens (including phenoxy) is 3. The third-order valence-electron chi connectivity index (χ3n) is 10.1. The van der Waals surface area contributed by atoms with E-state index in [2.05, 4.69) is 27.3 Å². The molecule has 3 fully saturated rings. The summed E-state index contributed by atoms with van der Waals surface area (Å²) in [5.74, 6) is -2.10. The monoisotopic (exact) mass is 745 g/mol. The van der Waals surface area contributed by atoms with E-state index >= 15 is 0 Å². The number of hydrogen-bond donors (Lipinski definition) is 4. The van der Waals surface area contributed by atoms with Gasteiger partial charge < -0.3 is 29.7 Å². The van der Waals surface area contributed by atoms with Gasteiger partial charge in [-0.05, 0) is 67.7 Å². The third-order valence-corrected chi connectivity index (χ3v) is 11.9. The molecule has 5 rings (SSSR count). The van der Waals surface area contributed by atoms with Crippen molar-refractivity contribution in [3.05, 3.63) is 36.4 Å². The molecular weight excluding hydrogens is 694 g/mol. The molecule has 4 aliphatic rings. The SMILES string of the molecule is C=C[C@H]1C[C@]1(NC(=O)[C@@H]1C[C@@H]2CN1C(=O)[C@H](C(C)(C)C)NC(=O)OCCCCCCCc1cc(ccc1OC)NC(=O)O2)C(=O)NS(=O)(=O)C1CC1. The molecule has 4 N–H and O–H groups in total. The zero-order valence-electron chi connectivity index (χ0n) is 30.3. The first kappa shape index (κ1) is 38.9. The van der Waals surface area contributed by atoms with Crippen molar-refractivity contribution in [1.82, 2.24) is 20.3 Å². The van der Waals surface area contributed by atoms with Gasteiger partial charge in [-0.15, -0.1) is 6.58 Å². The Balaban J connectivity index is 1.41. The van der Waals surface area contributed by atoms with Gasteiger partial charge in [-0.2, -0.15) is 0 Å². The minimum absolute atomic E-state index is 0.110. The lowest BCUT2D eigenvalue weighted by molar-refractivity contribution is -0.142. The lowest BCUT2D eigenvalue weighted by Crippen LogP contribution is -2.60. The molecule has 4 bridgehead atoms. The second-order valence-corrected chi connectivity index (χ2v) is 17.2. The van der Waals surface area contributed by atoms with Crippen LogP contribution >= 0.6 is 0 Å². The van der Waals surface area contributed by atoms with Crippen molar-refractivity contribution in [3.8, 4) is 5.75 Å². The van der Waals surface area contributed by atoms with Crippen molar-refractivity contribution in [2.24, 2.45) is 11.3 Å². The molecule has 0 radical (unpaired) electrons. The number of benzene rings is 1. The number of anilines is 1. The van der Waals surface area contributed by atoms with Crippen LogP contribution in [0.5, 0.6) is 5.75 Å². The average molecular weight is 746 g/mol. The Morgan fingerprint density at radius 3 is 2.44 bits per heavy atom. The number of sulfonamides is 1. The van der Waals surface area contributed by atoms with Crippen LogP contribution < -0.4 is 25.4 Å². The van der Waals surface area contributed by atoms with Gasteiger partial charge in [-0.25, -0.2) is 18.0 Å². The van der Waals surface area contributed by atoms with Crippen LogP contribution in [0.25, 0.3) is 0 Å². The number of methoxy groups -OCH3 is 1. The number of hydrogen-bond acceptors (Lipinski definition) is 10. The minimum atomic E-state index is -3.92. The summed E-state index contributed by atoms with van der Waals surface area (Å²) in [7, 11) is -2.33. The van der Waals surface area contributed by atoms with Gasteiger partial charge >= 0.3 is 12.2 Å². The van der Waals surface area contributed by atoms with E-state index in [4.69, 9.17) is 14.2 Å². The molecule has 52 heavy (non-hydrogen) atoms. The summed E-state index contributed by atoms with van der Waals surface area (Å²) in [6, 6.07) is 2.89. The van der Waals surface area contributed by atoms with Gasteiger partial charge in [0.25, 0.3) is 5.91 Å². The predicted octanol–water partition coefficient (Wildman–Crippen LogP) is 3.53. The molecule has 2 aliphatic heterocycles. The van der Waals surface area contributed by atoms with Gasteiger partial charge in [0.1, 0.15) is 29.5 Å². The largest absolute Gasteiger partial charge is 0.496 e.